The molecule has 0 aliphatic rings. The number of benzene rings is 2. The average Bonchev–Trinajstić information content (AvgIpc) is 2.76. The predicted molar refractivity (Wildman–Crippen MR) is 133 cm³/mol. The standard InChI is InChI=1S/C25H36N2O7S/c1-6-31-24(32-7-2)20(16-23(28)34-25(3,4)5)27-35(29,30)22-14-13-19(26)15-21(22)33-17-18-11-9-8-10-12-18/h8-15,20,24,27H,6-7,16-17,26H2,1-5H3/t20-/m0/s1. The van der Waals surface area contributed by atoms with E-state index in [0.717, 1.165) is 5.56 Å². The first-order valence-electron chi connectivity index (χ1n) is 11.5. The fraction of sp³-hybridized carbons (Fsp3) is 0.480. The molecule has 0 amide bonds. The molecular formula is C25H36N2O7S. The Hall–Kier alpha value is -2.66. The maximum atomic E-state index is 13.5. The van der Waals surface area contributed by atoms with Gasteiger partial charge in [-0.05, 0) is 52.3 Å². The molecule has 0 fully saturated rings. The summed E-state index contributed by atoms with van der Waals surface area (Å²) < 4.78 is 51.9. The van der Waals surface area contributed by atoms with E-state index >= 15 is 0 Å². The van der Waals surface area contributed by atoms with Crippen molar-refractivity contribution in [1.29, 1.82) is 0 Å². The Bertz CT molecular complexity index is 1050. The summed E-state index contributed by atoms with van der Waals surface area (Å²) >= 11 is 0. The normalized spacial score (nSPS) is 13.0. The lowest BCUT2D eigenvalue weighted by Gasteiger charge is -2.28. The molecule has 0 spiro atoms. The Kier molecular flexibility index (Phi) is 10.5. The molecule has 0 bridgehead atoms. The van der Waals surface area contributed by atoms with Gasteiger partial charge in [-0.25, -0.2) is 13.1 Å². The Labute approximate surface area is 207 Å². The molecule has 0 saturated carbocycles. The van der Waals surface area contributed by atoms with Crippen LogP contribution in [0.15, 0.2) is 53.4 Å². The number of rotatable bonds is 13. The summed E-state index contributed by atoms with van der Waals surface area (Å²) in [5.41, 5.74) is 6.37. The summed E-state index contributed by atoms with van der Waals surface area (Å²) in [7, 11) is -4.18. The number of esters is 1. The SMILES string of the molecule is CCOC(OCC)[C@H](CC(=O)OC(C)(C)C)NS(=O)(=O)c1ccc(N)cc1OCc1ccccc1. The topological polar surface area (TPSA) is 126 Å². The van der Waals surface area contributed by atoms with Crippen LogP contribution in [0.4, 0.5) is 5.69 Å². The molecule has 10 heteroatoms. The van der Waals surface area contributed by atoms with Crippen molar-refractivity contribution in [3.63, 3.8) is 0 Å². The number of carbonyl (C=O) groups is 1. The van der Waals surface area contributed by atoms with Gasteiger partial charge < -0.3 is 24.7 Å². The Morgan fingerprint density at radius 3 is 2.23 bits per heavy atom. The van der Waals surface area contributed by atoms with Crippen LogP contribution < -0.4 is 15.2 Å². The van der Waals surface area contributed by atoms with Gasteiger partial charge in [-0.15, -0.1) is 0 Å². The highest BCUT2D eigenvalue weighted by Gasteiger charge is 2.33. The third-order valence-corrected chi connectivity index (χ3v) is 6.13. The molecular weight excluding hydrogens is 472 g/mol. The van der Waals surface area contributed by atoms with Gasteiger partial charge >= 0.3 is 5.97 Å². The van der Waals surface area contributed by atoms with Gasteiger partial charge in [-0.3, -0.25) is 4.79 Å². The number of hydrogen-bond acceptors (Lipinski definition) is 8. The number of nitrogens with two attached hydrogens (primary N) is 1. The van der Waals surface area contributed by atoms with Crippen molar-refractivity contribution in [2.75, 3.05) is 18.9 Å². The maximum Gasteiger partial charge on any atom is 0.308 e. The van der Waals surface area contributed by atoms with Crippen molar-refractivity contribution in [3.8, 4) is 5.75 Å². The minimum atomic E-state index is -4.18. The zero-order valence-corrected chi connectivity index (χ0v) is 21.8. The van der Waals surface area contributed by atoms with Gasteiger partial charge in [-0.2, -0.15) is 0 Å². The van der Waals surface area contributed by atoms with Crippen LogP contribution in [0.5, 0.6) is 5.75 Å². The van der Waals surface area contributed by atoms with Crippen LogP contribution in [0.25, 0.3) is 0 Å². The quantitative estimate of drug-likeness (QED) is 0.239. The number of carbonyl (C=O) groups excluding carboxylic acids is 1. The lowest BCUT2D eigenvalue weighted by atomic mass is 10.1. The van der Waals surface area contributed by atoms with Gasteiger partial charge in [0.1, 0.15) is 22.9 Å². The van der Waals surface area contributed by atoms with Crippen LogP contribution in [0, 0.1) is 0 Å². The van der Waals surface area contributed by atoms with E-state index in [1.54, 1.807) is 34.6 Å². The molecule has 35 heavy (non-hydrogen) atoms. The van der Waals surface area contributed by atoms with Crippen LogP contribution in [-0.2, 0) is 35.6 Å². The second kappa shape index (κ2) is 12.9. The van der Waals surface area contributed by atoms with E-state index in [1.807, 2.05) is 30.3 Å². The predicted octanol–water partition coefficient (Wildman–Crippen LogP) is 3.63. The molecule has 1 atom stereocenters. The van der Waals surface area contributed by atoms with Gasteiger partial charge in [0.15, 0.2) is 6.29 Å². The third-order valence-electron chi connectivity index (χ3n) is 4.60. The van der Waals surface area contributed by atoms with Gasteiger partial charge in [-0.1, -0.05) is 30.3 Å². The minimum Gasteiger partial charge on any atom is -0.487 e. The fourth-order valence-corrected chi connectivity index (χ4v) is 4.57. The number of ether oxygens (including phenoxy) is 4. The zero-order valence-electron chi connectivity index (χ0n) is 20.9. The summed E-state index contributed by atoms with van der Waals surface area (Å²) in [6, 6.07) is 12.6. The first kappa shape index (κ1) is 28.6. The monoisotopic (exact) mass is 508 g/mol. The molecule has 194 valence electrons. The molecule has 0 aliphatic heterocycles. The van der Waals surface area contributed by atoms with Gasteiger partial charge in [0.25, 0.3) is 0 Å². The summed E-state index contributed by atoms with van der Waals surface area (Å²) in [4.78, 5) is 12.4. The van der Waals surface area contributed by atoms with Crippen molar-refractivity contribution in [3.05, 3.63) is 54.1 Å². The second-order valence-electron chi connectivity index (χ2n) is 8.78. The number of anilines is 1. The van der Waals surface area contributed by atoms with Crippen LogP contribution in [0.2, 0.25) is 0 Å². The summed E-state index contributed by atoms with van der Waals surface area (Å²) in [6.07, 6.45) is -1.30. The third kappa shape index (κ3) is 9.48. The summed E-state index contributed by atoms with van der Waals surface area (Å²) in [5.74, 6) is -0.505. The van der Waals surface area contributed by atoms with Crippen molar-refractivity contribution in [2.45, 2.75) is 70.5 Å². The van der Waals surface area contributed by atoms with Gasteiger partial charge in [0.2, 0.25) is 10.0 Å². The molecule has 0 radical (unpaired) electrons. The first-order valence-corrected chi connectivity index (χ1v) is 13.0. The van der Waals surface area contributed by atoms with Crippen molar-refractivity contribution in [2.24, 2.45) is 0 Å². The zero-order chi connectivity index (χ0) is 26.1. The average molecular weight is 509 g/mol. The maximum absolute atomic E-state index is 13.5. The molecule has 0 heterocycles. The highest BCUT2D eigenvalue weighted by atomic mass is 32.2. The van der Waals surface area contributed by atoms with E-state index in [4.69, 9.17) is 24.7 Å². The number of sulfonamides is 1. The van der Waals surface area contributed by atoms with Crippen LogP contribution >= 0.6 is 0 Å². The van der Waals surface area contributed by atoms with Crippen molar-refractivity contribution >= 4 is 21.7 Å². The number of hydrogen-bond donors (Lipinski definition) is 2. The molecule has 2 aromatic rings. The molecule has 2 rings (SSSR count). The Morgan fingerprint density at radius 1 is 1.03 bits per heavy atom. The van der Waals surface area contributed by atoms with Crippen molar-refractivity contribution in [1.82, 2.24) is 4.72 Å². The van der Waals surface area contributed by atoms with E-state index in [2.05, 4.69) is 4.72 Å². The molecule has 0 saturated heterocycles. The van der Waals surface area contributed by atoms with E-state index < -0.39 is 33.9 Å². The minimum absolute atomic E-state index is 0.0849. The van der Waals surface area contributed by atoms with E-state index in [0.29, 0.717) is 5.69 Å². The number of nitrogen functional groups attached to an aromatic ring is 1. The van der Waals surface area contributed by atoms with Crippen LogP contribution in [-0.4, -0.2) is 45.5 Å². The van der Waals surface area contributed by atoms with Crippen molar-refractivity contribution < 1.29 is 32.2 Å². The molecule has 9 nitrogen and oxygen atoms in total. The largest absolute Gasteiger partial charge is 0.487 e. The fourth-order valence-electron chi connectivity index (χ4n) is 3.22. The molecule has 0 aromatic heterocycles. The van der Waals surface area contributed by atoms with Crippen LogP contribution in [0.3, 0.4) is 0 Å². The van der Waals surface area contributed by atoms with Gasteiger partial charge in [0.05, 0.1) is 12.5 Å². The highest BCUT2D eigenvalue weighted by Crippen LogP contribution is 2.28. The lowest BCUT2D eigenvalue weighted by Crippen LogP contribution is -2.47. The smallest absolute Gasteiger partial charge is 0.308 e. The van der Waals surface area contributed by atoms with Gasteiger partial charge in [0, 0.05) is 25.0 Å². The van der Waals surface area contributed by atoms with E-state index in [9.17, 15) is 13.2 Å². The lowest BCUT2D eigenvalue weighted by molar-refractivity contribution is -0.169. The van der Waals surface area contributed by atoms with E-state index in [-0.39, 0.29) is 36.9 Å². The van der Waals surface area contributed by atoms with E-state index in [1.165, 1.54) is 18.2 Å². The molecule has 0 unspecified atom stereocenters. The van der Waals surface area contributed by atoms with Crippen LogP contribution in [0.1, 0.15) is 46.6 Å². The first-order chi connectivity index (χ1) is 16.4. The summed E-state index contributed by atoms with van der Waals surface area (Å²) in [6.45, 7) is 9.36. The number of nitrogens with one attached hydrogen (secondary N) is 1. The highest BCUT2D eigenvalue weighted by molar-refractivity contribution is 7.89. The molecule has 0 aliphatic carbocycles. The Balaban J connectivity index is 2.34. The summed E-state index contributed by atoms with van der Waals surface area (Å²) in [5, 5.41) is 0. The second-order valence-corrected chi connectivity index (χ2v) is 10.5. The molecule has 3 N–H and O–H groups in total. The Morgan fingerprint density at radius 2 is 1.66 bits per heavy atom. The molecule has 2 aromatic carbocycles.